The number of Topliss-reactive ketones (excluding diaryl/α,β-unsaturated/α-hetero) is 1. The zero-order valence-electron chi connectivity index (χ0n) is 14.9. The van der Waals surface area contributed by atoms with Gasteiger partial charge in [-0.15, -0.1) is 11.3 Å². The molecule has 0 radical (unpaired) electrons. The molecule has 6 nitrogen and oxygen atoms in total. The smallest absolute Gasteiger partial charge is 0.241 e. The van der Waals surface area contributed by atoms with Gasteiger partial charge in [0.1, 0.15) is 5.82 Å². The summed E-state index contributed by atoms with van der Waals surface area (Å²) in [5.41, 5.74) is 0.935. The normalized spacial score (nSPS) is 15.3. The maximum atomic E-state index is 14.3. The number of thiophene rings is 1. The second kappa shape index (κ2) is 7.58. The van der Waals surface area contributed by atoms with Crippen LogP contribution in [0.25, 0.3) is 10.7 Å². The lowest BCUT2D eigenvalue weighted by atomic mass is 10.1. The minimum atomic E-state index is -0.353. The summed E-state index contributed by atoms with van der Waals surface area (Å²) in [6.45, 7) is 4.95. The molecule has 0 atom stereocenters. The van der Waals surface area contributed by atoms with Gasteiger partial charge in [0, 0.05) is 31.7 Å². The molecule has 1 aliphatic heterocycles. The Balaban J connectivity index is 1.36. The summed E-state index contributed by atoms with van der Waals surface area (Å²) in [5, 5.41) is 6.01. The Labute approximate surface area is 160 Å². The predicted molar refractivity (Wildman–Crippen MR) is 102 cm³/mol. The number of hydrogen-bond donors (Lipinski definition) is 0. The summed E-state index contributed by atoms with van der Waals surface area (Å²) in [7, 11) is 0. The molecule has 1 aliphatic rings. The minimum Gasteiger partial charge on any atom is -0.367 e. The van der Waals surface area contributed by atoms with Crippen LogP contribution in [-0.2, 0) is 6.54 Å². The summed E-state index contributed by atoms with van der Waals surface area (Å²) >= 11 is 1.58. The van der Waals surface area contributed by atoms with Crippen molar-refractivity contribution in [2.75, 3.05) is 31.1 Å². The van der Waals surface area contributed by atoms with E-state index in [-0.39, 0.29) is 11.6 Å². The van der Waals surface area contributed by atoms with Crippen molar-refractivity contribution in [2.24, 2.45) is 0 Å². The van der Waals surface area contributed by atoms with Gasteiger partial charge in [0.15, 0.2) is 5.78 Å². The second-order valence-electron chi connectivity index (χ2n) is 6.47. The van der Waals surface area contributed by atoms with E-state index in [4.69, 9.17) is 4.52 Å². The number of piperazine rings is 1. The van der Waals surface area contributed by atoms with Crippen LogP contribution in [0.1, 0.15) is 23.2 Å². The predicted octanol–water partition coefficient (Wildman–Crippen LogP) is 3.46. The van der Waals surface area contributed by atoms with E-state index >= 15 is 0 Å². The van der Waals surface area contributed by atoms with Gasteiger partial charge in [-0.1, -0.05) is 11.2 Å². The first-order valence-electron chi connectivity index (χ1n) is 8.74. The van der Waals surface area contributed by atoms with Crippen LogP contribution in [0.5, 0.6) is 0 Å². The Morgan fingerprint density at radius 3 is 2.74 bits per heavy atom. The molecule has 0 aliphatic carbocycles. The van der Waals surface area contributed by atoms with E-state index in [1.54, 1.807) is 23.5 Å². The molecule has 1 saturated heterocycles. The van der Waals surface area contributed by atoms with Crippen molar-refractivity contribution in [2.45, 2.75) is 13.5 Å². The first kappa shape index (κ1) is 17.8. The van der Waals surface area contributed by atoms with Gasteiger partial charge in [-0.2, -0.15) is 4.98 Å². The highest BCUT2D eigenvalue weighted by Gasteiger charge is 2.22. The Bertz CT molecular complexity index is 933. The van der Waals surface area contributed by atoms with Gasteiger partial charge in [0.2, 0.25) is 11.7 Å². The van der Waals surface area contributed by atoms with Gasteiger partial charge in [-0.25, -0.2) is 4.39 Å². The van der Waals surface area contributed by atoms with Crippen LogP contribution >= 0.6 is 11.3 Å². The van der Waals surface area contributed by atoms with Crippen molar-refractivity contribution in [1.29, 1.82) is 0 Å². The van der Waals surface area contributed by atoms with Gasteiger partial charge < -0.3 is 9.42 Å². The van der Waals surface area contributed by atoms with Crippen molar-refractivity contribution in [3.63, 3.8) is 0 Å². The van der Waals surface area contributed by atoms with E-state index in [9.17, 15) is 9.18 Å². The molecule has 4 rings (SSSR count). The largest absolute Gasteiger partial charge is 0.367 e. The molecule has 2 aromatic heterocycles. The van der Waals surface area contributed by atoms with Crippen molar-refractivity contribution in [1.82, 2.24) is 15.0 Å². The van der Waals surface area contributed by atoms with E-state index in [1.165, 1.54) is 13.0 Å². The first-order valence-corrected chi connectivity index (χ1v) is 9.62. The molecule has 0 amide bonds. The molecule has 0 spiro atoms. The lowest BCUT2D eigenvalue weighted by Gasteiger charge is -2.35. The van der Waals surface area contributed by atoms with Crippen molar-refractivity contribution in [3.8, 4) is 10.7 Å². The molecule has 0 bridgehead atoms. The van der Waals surface area contributed by atoms with E-state index in [0.717, 1.165) is 18.0 Å². The third-order valence-corrected chi connectivity index (χ3v) is 5.50. The number of carbonyl (C=O) groups is 1. The number of nitrogens with zero attached hydrogens (tertiary/aromatic N) is 4. The number of carbonyl (C=O) groups excluding carboxylic acids is 1. The monoisotopic (exact) mass is 386 g/mol. The Kier molecular flexibility index (Phi) is 5.00. The number of aromatic nitrogens is 2. The number of benzene rings is 1. The third-order valence-electron chi connectivity index (χ3n) is 4.64. The van der Waals surface area contributed by atoms with Crippen LogP contribution in [0.2, 0.25) is 0 Å². The topological polar surface area (TPSA) is 62.5 Å². The third kappa shape index (κ3) is 3.91. The van der Waals surface area contributed by atoms with Gasteiger partial charge in [-0.3, -0.25) is 9.69 Å². The van der Waals surface area contributed by atoms with Gasteiger partial charge in [0.25, 0.3) is 0 Å². The molecule has 0 saturated carbocycles. The summed E-state index contributed by atoms with van der Waals surface area (Å²) in [5.74, 6) is 0.718. The highest BCUT2D eigenvalue weighted by molar-refractivity contribution is 7.13. The number of ketones is 1. The standard InChI is InChI=1S/C19H19FN4O2S/c1-13(25)14-4-5-16(15(20)11-14)24-8-6-23(7-9-24)12-18-21-19(22-26-18)17-3-2-10-27-17/h2-5,10-11H,6-9,12H2,1H3. The molecule has 1 aromatic carbocycles. The average Bonchev–Trinajstić information content (AvgIpc) is 3.34. The highest BCUT2D eigenvalue weighted by Crippen LogP contribution is 2.24. The SMILES string of the molecule is CC(=O)c1ccc(N2CCN(Cc3nc(-c4cccs4)no3)CC2)c(F)c1. The Hall–Kier alpha value is -2.58. The lowest BCUT2D eigenvalue weighted by Crippen LogP contribution is -2.46. The number of halogens is 1. The van der Waals surface area contributed by atoms with Crippen LogP contribution < -0.4 is 4.90 Å². The van der Waals surface area contributed by atoms with E-state index in [0.29, 0.717) is 42.6 Å². The Morgan fingerprint density at radius 1 is 1.26 bits per heavy atom. The van der Waals surface area contributed by atoms with E-state index in [2.05, 4.69) is 15.0 Å². The minimum absolute atomic E-state index is 0.133. The summed E-state index contributed by atoms with van der Waals surface area (Å²) < 4.78 is 19.7. The van der Waals surface area contributed by atoms with Crippen LogP contribution in [0.4, 0.5) is 10.1 Å². The summed E-state index contributed by atoms with van der Waals surface area (Å²) in [4.78, 5) is 21.0. The number of hydrogen-bond acceptors (Lipinski definition) is 7. The fourth-order valence-electron chi connectivity index (χ4n) is 3.15. The molecular weight excluding hydrogens is 367 g/mol. The van der Waals surface area contributed by atoms with Crippen molar-refractivity contribution < 1.29 is 13.7 Å². The molecular formula is C19H19FN4O2S. The molecule has 1 fully saturated rings. The molecule has 140 valence electrons. The Morgan fingerprint density at radius 2 is 2.07 bits per heavy atom. The zero-order chi connectivity index (χ0) is 18.8. The van der Waals surface area contributed by atoms with Crippen LogP contribution in [0.15, 0.2) is 40.2 Å². The highest BCUT2D eigenvalue weighted by atomic mass is 32.1. The molecule has 0 N–H and O–H groups in total. The molecule has 27 heavy (non-hydrogen) atoms. The maximum Gasteiger partial charge on any atom is 0.241 e. The number of rotatable bonds is 5. The van der Waals surface area contributed by atoms with Crippen LogP contribution in [0, 0.1) is 5.82 Å². The summed E-state index contributed by atoms with van der Waals surface area (Å²) in [6, 6.07) is 8.60. The van der Waals surface area contributed by atoms with Crippen LogP contribution in [0.3, 0.4) is 0 Å². The van der Waals surface area contributed by atoms with Crippen molar-refractivity contribution >= 4 is 22.8 Å². The quantitative estimate of drug-likeness (QED) is 0.626. The van der Waals surface area contributed by atoms with Crippen LogP contribution in [-0.4, -0.2) is 47.0 Å². The molecule has 0 unspecified atom stereocenters. The van der Waals surface area contributed by atoms with Gasteiger partial charge >= 0.3 is 0 Å². The fraction of sp³-hybridized carbons (Fsp3) is 0.316. The molecule has 3 heterocycles. The zero-order valence-corrected chi connectivity index (χ0v) is 15.7. The van der Waals surface area contributed by atoms with E-state index < -0.39 is 0 Å². The lowest BCUT2D eigenvalue weighted by molar-refractivity contribution is 0.101. The van der Waals surface area contributed by atoms with Crippen molar-refractivity contribution in [3.05, 3.63) is 53.0 Å². The number of anilines is 1. The summed E-state index contributed by atoms with van der Waals surface area (Å²) in [6.07, 6.45) is 0. The molecule has 3 aromatic rings. The maximum absolute atomic E-state index is 14.3. The average molecular weight is 386 g/mol. The fourth-order valence-corrected chi connectivity index (χ4v) is 3.79. The van der Waals surface area contributed by atoms with Gasteiger partial charge in [0.05, 0.1) is 17.1 Å². The molecule has 8 heteroatoms. The van der Waals surface area contributed by atoms with Gasteiger partial charge in [-0.05, 0) is 36.6 Å². The van der Waals surface area contributed by atoms with E-state index in [1.807, 2.05) is 22.4 Å². The first-order chi connectivity index (χ1) is 13.1. The second-order valence-corrected chi connectivity index (χ2v) is 7.42.